The van der Waals surface area contributed by atoms with Gasteiger partial charge < -0.3 is 15.0 Å². The van der Waals surface area contributed by atoms with Gasteiger partial charge in [-0.05, 0) is 71.8 Å². The van der Waals surface area contributed by atoms with Gasteiger partial charge in [-0.25, -0.2) is 4.39 Å². The van der Waals surface area contributed by atoms with Crippen molar-refractivity contribution in [2.45, 2.75) is 12.6 Å². The summed E-state index contributed by atoms with van der Waals surface area (Å²) >= 11 is 6.07. The molecule has 1 heterocycles. The van der Waals surface area contributed by atoms with Crippen molar-refractivity contribution in [3.8, 4) is 5.75 Å². The summed E-state index contributed by atoms with van der Waals surface area (Å²) in [5.41, 5.74) is 1.96. The van der Waals surface area contributed by atoms with E-state index in [-0.39, 0.29) is 12.1 Å². The molecule has 8 nitrogen and oxygen atoms in total. The number of halogens is 2. The summed E-state index contributed by atoms with van der Waals surface area (Å²) in [6.07, 6.45) is 0. The van der Waals surface area contributed by atoms with Crippen LogP contribution in [-0.2, 0) is 20.9 Å². The fourth-order valence-corrected chi connectivity index (χ4v) is 4.87. The van der Waals surface area contributed by atoms with E-state index in [1.54, 1.807) is 66.7 Å². The Morgan fingerprint density at radius 3 is 2.26 bits per heavy atom. The van der Waals surface area contributed by atoms with Crippen LogP contribution in [0.1, 0.15) is 27.5 Å². The highest BCUT2D eigenvalue weighted by Gasteiger charge is 2.39. The molecule has 4 aromatic rings. The first-order chi connectivity index (χ1) is 20.2. The number of nitrogens with zero attached hydrogens (tertiary/aromatic N) is 2. The molecule has 0 radical (unpaired) electrons. The lowest BCUT2D eigenvalue weighted by atomic mass is 10.0. The minimum atomic E-state index is -1.24. The molecule has 0 fully saturated rings. The molecule has 0 aromatic heterocycles. The Hall–Kier alpha value is -5.02. The molecule has 0 bridgehead atoms. The van der Waals surface area contributed by atoms with E-state index < -0.39 is 41.9 Å². The molecule has 0 aliphatic carbocycles. The number of anilines is 2. The van der Waals surface area contributed by atoms with Gasteiger partial charge >= 0.3 is 0 Å². The molecular formula is C32H25ClFN3O5. The van der Waals surface area contributed by atoms with Crippen molar-refractivity contribution in [1.82, 2.24) is 4.90 Å². The summed E-state index contributed by atoms with van der Waals surface area (Å²) in [6.45, 7) is -0.547. The van der Waals surface area contributed by atoms with Crippen molar-refractivity contribution in [2.75, 3.05) is 23.9 Å². The Labute approximate surface area is 246 Å². The maximum atomic E-state index is 14.1. The number of rotatable bonds is 9. The van der Waals surface area contributed by atoms with Crippen molar-refractivity contribution in [3.63, 3.8) is 0 Å². The lowest BCUT2D eigenvalue weighted by Gasteiger charge is -2.33. The van der Waals surface area contributed by atoms with Gasteiger partial charge in [0.25, 0.3) is 17.6 Å². The Morgan fingerprint density at radius 2 is 1.60 bits per heavy atom. The number of hydrogen-bond donors (Lipinski definition) is 1. The molecular weight excluding hydrogens is 561 g/mol. The fourth-order valence-electron chi connectivity index (χ4n) is 4.74. The minimum Gasteiger partial charge on any atom is -0.497 e. The SMILES string of the molecule is COc1ccc(NC(=O)C(c2ccc(F)cc2)N(Cc2ccc(Cl)cc2)C(=O)CN2C(=O)C(=O)c3ccccc32)cc1. The second kappa shape index (κ2) is 12.2. The average Bonchev–Trinajstić information content (AvgIpc) is 3.24. The van der Waals surface area contributed by atoms with Crippen molar-refractivity contribution in [3.05, 3.63) is 125 Å². The number of ether oxygens (including phenoxy) is 1. The van der Waals surface area contributed by atoms with Gasteiger partial charge in [-0.2, -0.15) is 0 Å². The molecule has 42 heavy (non-hydrogen) atoms. The Morgan fingerprint density at radius 1 is 0.929 bits per heavy atom. The molecule has 0 saturated heterocycles. The summed E-state index contributed by atoms with van der Waals surface area (Å²) in [5.74, 6) is -2.65. The van der Waals surface area contributed by atoms with Crippen molar-refractivity contribution >= 4 is 46.5 Å². The Balaban J connectivity index is 1.54. The fraction of sp³-hybridized carbons (Fsp3) is 0.125. The first kappa shape index (κ1) is 28.5. The highest BCUT2D eigenvalue weighted by Crippen LogP contribution is 2.31. The predicted octanol–water partition coefficient (Wildman–Crippen LogP) is 5.43. The van der Waals surface area contributed by atoms with Crippen LogP contribution in [0.5, 0.6) is 5.75 Å². The van der Waals surface area contributed by atoms with Gasteiger partial charge in [0.05, 0.1) is 18.4 Å². The second-order valence-corrected chi connectivity index (χ2v) is 9.99. The molecule has 1 N–H and O–H groups in total. The van der Waals surface area contributed by atoms with E-state index in [2.05, 4.69) is 5.32 Å². The normalized spacial score (nSPS) is 13.0. The van der Waals surface area contributed by atoms with Gasteiger partial charge in [-0.1, -0.05) is 48.0 Å². The molecule has 1 atom stereocenters. The van der Waals surface area contributed by atoms with Gasteiger partial charge in [-0.3, -0.25) is 24.1 Å². The van der Waals surface area contributed by atoms with Crippen LogP contribution >= 0.6 is 11.6 Å². The van der Waals surface area contributed by atoms with E-state index in [1.165, 1.54) is 42.3 Å². The number of carbonyl (C=O) groups is 4. The van der Waals surface area contributed by atoms with E-state index >= 15 is 0 Å². The molecule has 1 aliphatic rings. The zero-order valence-corrected chi connectivity index (χ0v) is 23.2. The van der Waals surface area contributed by atoms with Crippen LogP contribution in [0.15, 0.2) is 97.1 Å². The van der Waals surface area contributed by atoms with Crippen molar-refractivity contribution < 1.29 is 28.3 Å². The first-order valence-corrected chi connectivity index (χ1v) is 13.3. The van der Waals surface area contributed by atoms with Gasteiger partial charge in [0.1, 0.15) is 24.2 Å². The monoisotopic (exact) mass is 585 g/mol. The number of amides is 3. The maximum Gasteiger partial charge on any atom is 0.299 e. The van der Waals surface area contributed by atoms with Crippen LogP contribution in [-0.4, -0.2) is 42.1 Å². The summed E-state index contributed by atoms with van der Waals surface area (Å²) in [5, 5.41) is 3.31. The molecule has 4 aromatic carbocycles. The summed E-state index contributed by atoms with van der Waals surface area (Å²) in [4.78, 5) is 55.9. The summed E-state index contributed by atoms with van der Waals surface area (Å²) < 4.78 is 19.1. The third kappa shape index (κ3) is 6.01. The van der Waals surface area contributed by atoms with Crippen LogP contribution in [0.25, 0.3) is 0 Å². The van der Waals surface area contributed by atoms with Gasteiger partial charge in [0.2, 0.25) is 5.91 Å². The third-order valence-electron chi connectivity index (χ3n) is 6.86. The van der Waals surface area contributed by atoms with Crippen molar-refractivity contribution in [1.29, 1.82) is 0 Å². The predicted molar refractivity (Wildman–Crippen MR) is 156 cm³/mol. The molecule has 0 saturated carbocycles. The number of Topliss-reactive ketones (excluding diaryl/α,β-unsaturated/α-hetero) is 1. The smallest absolute Gasteiger partial charge is 0.299 e. The van der Waals surface area contributed by atoms with Gasteiger partial charge in [0, 0.05) is 17.3 Å². The third-order valence-corrected chi connectivity index (χ3v) is 7.11. The zero-order valence-electron chi connectivity index (χ0n) is 22.4. The maximum absolute atomic E-state index is 14.1. The number of benzene rings is 4. The highest BCUT2D eigenvalue weighted by atomic mass is 35.5. The second-order valence-electron chi connectivity index (χ2n) is 9.56. The van der Waals surface area contributed by atoms with E-state index in [9.17, 15) is 23.6 Å². The van der Waals surface area contributed by atoms with E-state index in [0.29, 0.717) is 33.3 Å². The average molecular weight is 586 g/mol. The molecule has 212 valence electrons. The minimum absolute atomic E-state index is 0.0499. The number of nitrogens with one attached hydrogen (secondary N) is 1. The molecule has 0 spiro atoms. The molecule has 10 heteroatoms. The van der Waals surface area contributed by atoms with E-state index in [1.807, 2.05) is 0 Å². The van der Waals surface area contributed by atoms with Crippen LogP contribution in [0.2, 0.25) is 5.02 Å². The van der Waals surface area contributed by atoms with Gasteiger partial charge in [0.15, 0.2) is 0 Å². The van der Waals surface area contributed by atoms with Crippen LogP contribution in [0.4, 0.5) is 15.8 Å². The van der Waals surface area contributed by atoms with Crippen LogP contribution < -0.4 is 15.0 Å². The number of para-hydroxylation sites is 1. The van der Waals surface area contributed by atoms with E-state index in [4.69, 9.17) is 16.3 Å². The first-order valence-electron chi connectivity index (χ1n) is 12.9. The topological polar surface area (TPSA) is 96.0 Å². The number of carbonyl (C=O) groups excluding carboxylic acids is 4. The molecule has 5 rings (SSSR count). The van der Waals surface area contributed by atoms with Crippen molar-refractivity contribution in [2.24, 2.45) is 0 Å². The lowest BCUT2D eigenvalue weighted by Crippen LogP contribution is -2.46. The zero-order chi connectivity index (χ0) is 29.8. The van der Waals surface area contributed by atoms with E-state index in [0.717, 1.165) is 4.90 Å². The lowest BCUT2D eigenvalue weighted by molar-refractivity contribution is -0.139. The number of methoxy groups -OCH3 is 1. The quantitative estimate of drug-likeness (QED) is 0.264. The largest absolute Gasteiger partial charge is 0.497 e. The van der Waals surface area contributed by atoms with Gasteiger partial charge in [-0.15, -0.1) is 0 Å². The Kier molecular flexibility index (Phi) is 8.31. The highest BCUT2D eigenvalue weighted by molar-refractivity contribution is 6.52. The molecule has 1 unspecified atom stereocenters. The van der Waals surface area contributed by atoms with Crippen LogP contribution in [0.3, 0.4) is 0 Å². The van der Waals surface area contributed by atoms with Crippen LogP contribution in [0, 0.1) is 5.82 Å². The molecule has 3 amide bonds. The number of hydrogen-bond acceptors (Lipinski definition) is 5. The number of ketones is 1. The summed E-state index contributed by atoms with van der Waals surface area (Å²) in [7, 11) is 1.52. The number of fused-ring (bicyclic) bond motifs is 1. The summed E-state index contributed by atoms with van der Waals surface area (Å²) in [6, 6.07) is 23.8. The molecule has 1 aliphatic heterocycles. The Bertz CT molecular complexity index is 1640. The standard InChI is InChI=1S/C32H25ClFN3O5/c1-42-25-16-14-24(15-17-25)35-31(40)29(21-8-12-23(34)13-9-21)37(18-20-6-10-22(33)11-7-20)28(38)19-36-27-5-3-2-4-26(27)30(39)32(36)41/h2-17,29H,18-19H2,1H3,(H,35,40).